The van der Waals surface area contributed by atoms with Crippen LogP contribution in [0.25, 0.3) is 27.8 Å². The summed E-state index contributed by atoms with van der Waals surface area (Å²) in [6, 6.07) is 27.9. The minimum Gasteiger partial charge on any atom is -0.389 e. The standard InChI is InChI=1S/C23H20ClNO2/c24-15-20(26)23(27)21-18-13-7-8-14-19(18)25(17-11-5-2-6-12-17)22(21)16-9-3-1-4-10-16/h1-14,20,23,26-27H,15H2. The van der Waals surface area contributed by atoms with Crippen LogP contribution in [0.5, 0.6) is 0 Å². The van der Waals surface area contributed by atoms with E-state index >= 15 is 0 Å². The highest BCUT2D eigenvalue weighted by atomic mass is 35.5. The molecule has 1 heterocycles. The molecule has 4 heteroatoms. The third-order valence-electron chi connectivity index (χ3n) is 4.79. The molecule has 27 heavy (non-hydrogen) atoms. The lowest BCUT2D eigenvalue weighted by molar-refractivity contribution is 0.0339. The molecule has 0 radical (unpaired) electrons. The van der Waals surface area contributed by atoms with Crippen molar-refractivity contribution in [2.75, 3.05) is 5.88 Å². The van der Waals surface area contributed by atoms with E-state index in [9.17, 15) is 10.2 Å². The molecule has 2 unspecified atom stereocenters. The number of aliphatic hydroxyl groups is 2. The summed E-state index contributed by atoms with van der Waals surface area (Å²) < 4.78 is 2.13. The summed E-state index contributed by atoms with van der Waals surface area (Å²) in [6.07, 6.45) is -2.14. The van der Waals surface area contributed by atoms with E-state index in [2.05, 4.69) is 4.57 Å². The van der Waals surface area contributed by atoms with E-state index in [1.165, 1.54) is 0 Å². The zero-order chi connectivity index (χ0) is 18.8. The highest BCUT2D eigenvalue weighted by Gasteiger charge is 2.28. The van der Waals surface area contributed by atoms with Crippen LogP contribution in [0, 0.1) is 0 Å². The maximum Gasteiger partial charge on any atom is 0.109 e. The monoisotopic (exact) mass is 377 g/mol. The Balaban J connectivity index is 2.12. The Morgan fingerprint density at radius 2 is 1.37 bits per heavy atom. The fraction of sp³-hybridized carbons (Fsp3) is 0.130. The number of aromatic nitrogens is 1. The van der Waals surface area contributed by atoms with E-state index in [1.807, 2.05) is 84.9 Å². The summed E-state index contributed by atoms with van der Waals surface area (Å²) in [6.45, 7) is 0. The molecule has 136 valence electrons. The summed E-state index contributed by atoms with van der Waals surface area (Å²) in [5.74, 6) is -0.0414. The van der Waals surface area contributed by atoms with Crippen LogP contribution < -0.4 is 0 Å². The van der Waals surface area contributed by atoms with Crippen LogP contribution in [0.2, 0.25) is 0 Å². The molecule has 0 spiro atoms. The smallest absolute Gasteiger partial charge is 0.109 e. The van der Waals surface area contributed by atoms with Gasteiger partial charge in [-0.3, -0.25) is 0 Å². The second-order valence-corrected chi connectivity index (χ2v) is 6.79. The molecule has 0 aliphatic carbocycles. The zero-order valence-corrected chi connectivity index (χ0v) is 15.4. The summed E-state index contributed by atoms with van der Waals surface area (Å²) in [4.78, 5) is 0. The third kappa shape index (κ3) is 3.15. The van der Waals surface area contributed by atoms with Crippen molar-refractivity contribution >= 4 is 22.5 Å². The van der Waals surface area contributed by atoms with Crippen LogP contribution in [0.4, 0.5) is 0 Å². The van der Waals surface area contributed by atoms with Crippen molar-refractivity contribution in [3.63, 3.8) is 0 Å². The Labute approximate surface area is 163 Å². The van der Waals surface area contributed by atoms with Crippen molar-refractivity contribution in [3.8, 4) is 16.9 Å². The average Bonchev–Trinajstić information content (AvgIpc) is 3.09. The van der Waals surface area contributed by atoms with Crippen LogP contribution in [0.15, 0.2) is 84.9 Å². The zero-order valence-electron chi connectivity index (χ0n) is 14.7. The second-order valence-electron chi connectivity index (χ2n) is 6.48. The van der Waals surface area contributed by atoms with E-state index in [-0.39, 0.29) is 5.88 Å². The number of para-hydroxylation sites is 2. The SMILES string of the molecule is OC(CCl)C(O)c1c(-c2ccccc2)n(-c2ccccc2)c2ccccc12. The normalized spacial score (nSPS) is 13.6. The molecule has 0 aliphatic heterocycles. The van der Waals surface area contributed by atoms with Crippen LogP contribution in [-0.2, 0) is 0 Å². The molecule has 4 rings (SSSR count). The first-order chi connectivity index (χ1) is 13.2. The highest BCUT2D eigenvalue weighted by Crippen LogP contribution is 2.40. The Kier molecular flexibility index (Phi) is 4.99. The molecule has 3 nitrogen and oxygen atoms in total. The number of rotatable bonds is 5. The Morgan fingerprint density at radius 3 is 2.04 bits per heavy atom. The molecule has 0 saturated carbocycles. The lowest BCUT2D eigenvalue weighted by Crippen LogP contribution is -2.20. The van der Waals surface area contributed by atoms with Crippen LogP contribution in [-0.4, -0.2) is 26.8 Å². The minimum atomic E-state index is -1.09. The number of hydrogen-bond acceptors (Lipinski definition) is 2. The van der Waals surface area contributed by atoms with Gasteiger partial charge >= 0.3 is 0 Å². The predicted molar refractivity (Wildman–Crippen MR) is 110 cm³/mol. The van der Waals surface area contributed by atoms with Gasteiger partial charge in [0.2, 0.25) is 0 Å². The van der Waals surface area contributed by atoms with E-state index in [0.29, 0.717) is 5.56 Å². The van der Waals surface area contributed by atoms with E-state index in [1.54, 1.807) is 0 Å². The number of aliphatic hydroxyl groups excluding tert-OH is 2. The van der Waals surface area contributed by atoms with Crippen molar-refractivity contribution in [2.45, 2.75) is 12.2 Å². The van der Waals surface area contributed by atoms with Gasteiger partial charge in [-0.2, -0.15) is 0 Å². The quantitative estimate of drug-likeness (QED) is 0.484. The predicted octanol–water partition coefficient (Wildman–Crippen LogP) is 4.93. The molecular formula is C23H20ClNO2. The van der Waals surface area contributed by atoms with Crippen molar-refractivity contribution in [1.82, 2.24) is 4.57 Å². The number of hydrogen-bond donors (Lipinski definition) is 2. The molecule has 3 aromatic carbocycles. The molecule has 2 atom stereocenters. The first-order valence-corrected chi connectivity index (χ1v) is 9.42. The molecule has 0 saturated heterocycles. The summed E-state index contributed by atoms with van der Waals surface area (Å²) in [7, 11) is 0. The molecule has 0 amide bonds. The first kappa shape index (κ1) is 17.8. The molecular weight excluding hydrogens is 358 g/mol. The van der Waals surface area contributed by atoms with E-state index < -0.39 is 12.2 Å². The van der Waals surface area contributed by atoms with Crippen molar-refractivity contribution in [2.24, 2.45) is 0 Å². The average molecular weight is 378 g/mol. The number of nitrogens with zero attached hydrogens (tertiary/aromatic N) is 1. The van der Waals surface area contributed by atoms with Crippen LogP contribution in [0.3, 0.4) is 0 Å². The summed E-state index contributed by atoms with van der Waals surface area (Å²) in [5.41, 5.74) is 4.48. The van der Waals surface area contributed by atoms with Gasteiger partial charge in [-0.15, -0.1) is 11.6 Å². The third-order valence-corrected chi connectivity index (χ3v) is 5.11. The number of halogens is 1. The molecule has 0 bridgehead atoms. The van der Waals surface area contributed by atoms with E-state index in [0.717, 1.165) is 27.8 Å². The van der Waals surface area contributed by atoms with Gasteiger partial charge < -0.3 is 14.8 Å². The van der Waals surface area contributed by atoms with Crippen molar-refractivity contribution in [1.29, 1.82) is 0 Å². The van der Waals surface area contributed by atoms with Crippen LogP contribution in [0.1, 0.15) is 11.7 Å². The number of fused-ring (bicyclic) bond motifs is 1. The van der Waals surface area contributed by atoms with Gasteiger partial charge in [0.15, 0.2) is 0 Å². The lowest BCUT2D eigenvalue weighted by atomic mass is 9.98. The molecule has 2 N–H and O–H groups in total. The highest BCUT2D eigenvalue weighted by molar-refractivity contribution is 6.18. The topological polar surface area (TPSA) is 45.4 Å². The van der Waals surface area contributed by atoms with Crippen molar-refractivity contribution < 1.29 is 10.2 Å². The van der Waals surface area contributed by atoms with E-state index in [4.69, 9.17) is 11.6 Å². The largest absolute Gasteiger partial charge is 0.389 e. The lowest BCUT2D eigenvalue weighted by Gasteiger charge is -2.19. The second kappa shape index (κ2) is 7.57. The van der Waals surface area contributed by atoms with Gasteiger partial charge in [-0.1, -0.05) is 66.7 Å². The van der Waals surface area contributed by atoms with Gasteiger partial charge in [0, 0.05) is 16.6 Å². The fourth-order valence-electron chi connectivity index (χ4n) is 3.57. The van der Waals surface area contributed by atoms with Gasteiger partial charge in [0.1, 0.15) is 6.10 Å². The molecule has 1 aromatic heterocycles. The maximum atomic E-state index is 10.9. The summed E-state index contributed by atoms with van der Waals surface area (Å²) in [5, 5.41) is 22.1. The fourth-order valence-corrected chi connectivity index (χ4v) is 3.74. The molecule has 0 aliphatic rings. The number of alkyl halides is 1. The molecule has 4 aromatic rings. The maximum absolute atomic E-state index is 10.9. The Bertz CT molecular complexity index is 1040. The van der Waals surface area contributed by atoms with Crippen LogP contribution >= 0.6 is 11.6 Å². The minimum absolute atomic E-state index is 0.0414. The Morgan fingerprint density at radius 1 is 0.778 bits per heavy atom. The summed E-state index contributed by atoms with van der Waals surface area (Å²) >= 11 is 5.85. The van der Waals surface area contributed by atoms with Gasteiger partial charge in [-0.25, -0.2) is 0 Å². The van der Waals surface area contributed by atoms with Gasteiger partial charge in [-0.05, 0) is 23.8 Å². The Hall–Kier alpha value is -2.59. The van der Waals surface area contributed by atoms with Gasteiger partial charge in [0.25, 0.3) is 0 Å². The molecule has 0 fully saturated rings. The first-order valence-electron chi connectivity index (χ1n) is 8.88. The van der Waals surface area contributed by atoms with Gasteiger partial charge in [0.05, 0.1) is 23.2 Å². The van der Waals surface area contributed by atoms with Crippen molar-refractivity contribution in [3.05, 3.63) is 90.5 Å². The number of benzene rings is 3.